The van der Waals surface area contributed by atoms with Crippen LogP contribution >= 0.6 is 0 Å². The van der Waals surface area contributed by atoms with Crippen LogP contribution in [0.4, 0.5) is 0 Å². The number of ether oxygens (including phenoxy) is 2. The summed E-state index contributed by atoms with van der Waals surface area (Å²) in [5.74, 6) is 0.290. The molecule has 0 heterocycles. The van der Waals surface area contributed by atoms with Gasteiger partial charge in [-0.15, -0.1) is 0 Å². The van der Waals surface area contributed by atoms with E-state index in [9.17, 15) is 9.59 Å². The molecule has 1 aliphatic carbocycles. The number of hydrogen-bond acceptors (Lipinski definition) is 4. The first-order valence-electron chi connectivity index (χ1n) is 4.22. The van der Waals surface area contributed by atoms with Gasteiger partial charge in [-0.05, 0) is 12.5 Å². The van der Waals surface area contributed by atoms with E-state index in [1.807, 2.05) is 6.08 Å². The molecule has 0 saturated heterocycles. The van der Waals surface area contributed by atoms with E-state index in [1.54, 1.807) is 0 Å². The normalized spacial score (nSPS) is 12.3. The van der Waals surface area contributed by atoms with Crippen molar-refractivity contribution in [1.82, 2.24) is 0 Å². The van der Waals surface area contributed by atoms with E-state index in [4.69, 9.17) is 4.74 Å². The summed E-state index contributed by atoms with van der Waals surface area (Å²) >= 11 is 0. The minimum Gasteiger partial charge on any atom is -0.435 e. The second kappa shape index (κ2) is 6.88. The Morgan fingerprint density at radius 1 is 1.43 bits per heavy atom. The quantitative estimate of drug-likeness (QED) is 0.502. The molecule has 1 rings (SSSR count). The molecule has 0 radical (unpaired) electrons. The zero-order valence-electron chi connectivity index (χ0n) is 8.41. The van der Waals surface area contributed by atoms with Crippen LogP contribution in [0.25, 0.3) is 0 Å². The summed E-state index contributed by atoms with van der Waals surface area (Å²) in [7, 11) is 0. The summed E-state index contributed by atoms with van der Waals surface area (Å²) in [5.41, 5.74) is 0. The van der Waals surface area contributed by atoms with Gasteiger partial charge in [-0.1, -0.05) is 6.58 Å². The molecule has 14 heavy (non-hydrogen) atoms. The van der Waals surface area contributed by atoms with E-state index in [1.165, 1.54) is 13.8 Å². The Morgan fingerprint density at radius 2 is 2.00 bits per heavy atom. The number of hydrogen-bond donors (Lipinski definition) is 0. The third-order valence-electron chi connectivity index (χ3n) is 1.29. The van der Waals surface area contributed by atoms with Crippen molar-refractivity contribution in [2.24, 2.45) is 0 Å². The summed E-state index contributed by atoms with van der Waals surface area (Å²) in [6.07, 6.45) is 5.01. The summed E-state index contributed by atoms with van der Waals surface area (Å²) in [4.78, 5) is 19.9. The van der Waals surface area contributed by atoms with Crippen LogP contribution in [0.3, 0.4) is 0 Å². The Bertz CT molecular complexity index is 253. The first-order valence-corrected chi connectivity index (χ1v) is 4.22. The zero-order chi connectivity index (χ0) is 11.0. The van der Waals surface area contributed by atoms with Gasteiger partial charge in [0.15, 0.2) is 0 Å². The van der Waals surface area contributed by atoms with E-state index in [0.717, 1.165) is 24.9 Å². The third kappa shape index (κ3) is 7.09. The minimum absolute atomic E-state index is 0.212. The van der Waals surface area contributed by atoms with Gasteiger partial charge in [0.05, 0.1) is 6.26 Å². The number of allylic oxidation sites excluding steroid dienone is 2. The van der Waals surface area contributed by atoms with Crippen molar-refractivity contribution in [2.45, 2.75) is 26.7 Å². The van der Waals surface area contributed by atoms with Crippen molar-refractivity contribution < 1.29 is 19.1 Å². The van der Waals surface area contributed by atoms with E-state index in [0.29, 0.717) is 0 Å². The zero-order valence-corrected chi connectivity index (χ0v) is 8.41. The fourth-order valence-electron chi connectivity index (χ4n) is 0.657. The molecule has 0 aromatic heterocycles. The Balaban J connectivity index is 0.000000255. The number of rotatable bonds is 2. The summed E-state index contributed by atoms with van der Waals surface area (Å²) < 4.78 is 8.88. The second-order valence-corrected chi connectivity index (χ2v) is 2.58. The average molecular weight is 198 g/mol. The number of carbonyl (C=O) groups is 2. The van der Waals surface area contributed by atoms with Crippen LogP contribution in [0, 0.1) is 0 Å². The fraction of sp³-hybridized carbons (Fsp3) is 0.400. The smallest absolute Gasteiger partial charge is 0.307 e. The predicted octanol–water partition coefficient (Wildman–Crippen LogP) is 1.92. The lowest BCUT2D eigenvalue weighted by Crippen LogP contribution is -2.03. The topological polar surface area (TPSA) is 52.6 Å². The number of carbonyl (C=O) groups excluding carboxylic acids is 2. The van der Waals surface area contributed by atoms with Gasteiger partial charge in [-0.2, -0.15) is 0 Å². The first-order chi connectivity index (χ1) is 6.56. The fourth-order valence-corrected chi connectivity index (χ4v) is 0.657. The van der Waals surface area contributed by atoms with Gasteiger partial charge < -0.3 is 9.47 Å². The Morgan fingerprint density at radius 3 is 2.07 bits per heavy atom. The first kappa shape index (κ1) is 12.4. The summed E-state index contributed by atoms with van der Waals surface area (Å²) in [6, 6.07) is 0. The molecule has 4 nitrogen and oxygen atoms in total. The van der Waals surface area contributed by atoms with Crippen LogP contribution in [0.2, 0.25) is 0 Å². The predicted molar refractivity (Wildman–Crippen MR) is 51.0 cm³/mol. The van der Waals surface area contributed by atoms with E-state index in [-0.39, 0.29) is 11.9 Å². The maximum absolute atomic E-state index is 10.2. The van der Waals surface area contributed by atoms with Gasteiger partial charge in [-0.25, -0.2) is 0 Å². The van der Waals surface area contributed by atoms with Crippen molar-refractivity contribution >= 4 is 11.9 Å². The maximum Gasteiger partial charge on any atom is 0.307 e. The lowest BCUT2D eigenvalue weighted by atomic mass is 10.1. The molecular weight excluding hydrogens is 184 g/mol. The molecule has 0 saturated carbocycles. The van der Waals surface area contributed by atoms with Gasteiger partial charge in [-0.3, -0.25) is 9.59 Å². The van der Waals surface area contributed by atoms with Crippen LogP contribution < -0.4 is 0 Å². The van der Waals surface area contributed by atoms with Gasteiger partial charge in [0.1, 0.15) is 5.76 Å². The van der Waals surface area contributed by atoms with Gasteiger partial charge in [0.2, 0.25) is 0 Å². The molecule has 0 aliphatic heterocycles. The average Bonchev–Trinajstić information content (AvgIpc) is 1.98. The largest absolute Gasteiger partial charge is 0.435 e. The molecular formula is C10H14O4. The van der Waals surface area contributed by atoms with E-state index in [2.05, 4.69) is 11.3 Å². The highest BCUT2D eigenvalue weighted by molar-refractivity contribution is 5.67. The van der Waals surface area contributed by atoms with Crippen LogP contribution in [0.5, 0.6) is 0 Å². The second-order valence-electron chi connectivity index (χ2n) is 2.58. The Hall–Kier alpha value is -1.58. The van der Waals surface area contributed by atoms with Crippen LogP contribution in [-0.4, -0.2) is 11.9 Å². The van der Waals surface area contributed by atoms with Gasteiger partial charge in [0.25, 0.3) is 0 Å². The highest BCUT2D eigenvalue weighted by Gasteiger charge is 2.07. The van der Waals surface area contributed by atoms with Crippen LogP contribution in [0.15, 0.2) is 24.7 Å². The summed E-state index contributed by atoms with van der Waals surface area (Å²) in [5, 5.41) is 0. The lowest BCUT2D eigenvalue weighted by Gasteiger charge is -2.11. The molecule has 0 atom stereocenters. The number of esters is 2. The standard InChI is InChI=1S/C6H8O2.C4H6O2/c1-5(7)8-6-3-2-4-6;1-3-6-4(2)5/h3H,2,4H2,1H3;3H,1H2,2H3. The van der Waals surface area contributed by atoms with Gasteiger partial charge in [0, 0.05) is 20.3 Å². The maximum atomic E-state index is 10.2. The van der Waals surface area contributed by atoms with Gasteiger partial charge >= 0.3 is 11.9 Å². The minimum atomic E-state index is -0.329. The Labute approximate surface area is 83.2 Å². The summed E-state index contributed by atoms with van der Waals surface area (Å²) in [6.45, 7) is 5.89. The van der Waals surface area contributed by atoms with E-state index < -0.39 is 0 Å². The van der Waals surface area contributed by atoms with Crippen molar-refractivity contribution in [3.63, 3.8) is 0 Å². The molecule has 0 amide bonds. The monoisotopic (exact) mass is 198 g/mol. The molecule has 0 bridgehead atoms. The molecule has 0 spiro atoms. The highest BCUT2D eigenvalue weighted by atomic mass is 16.5. The molecule has 0 aromatic carbocycles. The third-order valence-corrected chi connectivity index (χ3v) is 1.29. The Kier molecular flexibility index (Phi) is 6.11. The van der Waals surface area contributed by atoms with Crippen molar-refractivity contribution in [1.29, 1.82) is 0 Å². The van der Waals surface area contributed by atoms with Crippen molar-refractivity contribution in [3.05, 3.63) is 24.7 Å². The molecule has 0 N–H and O–H groups in total. The molecule has 4 heteroatoms. The SMILES string of the molecule is C=COC(C)=O.CC(=O)OC1=CCC1. The molecule has 1 aliphatic rings. The lowest BCUT2D eigenvalue weighted by molar-refractivity contribution is -0.137. The van der Waals surface area contributed by atoms with Crippen molar-refractivity contribution in [2.75, 3.05) is 0 Å². The highest BCUT2D eigenvalue weighted by Crippen LogP contribution is 2.18. The van der Waals surface area contributed by atoms with Crippen LogP contribution in [-0.2, 0) is 19.1 Å². The van der Waals surface area contributed by atoms with Crippen LogP contribution in [0.1, 0.15) is 26.7 Å². The molecule has 0 fully saturated rings. The molecule has 78 valence electrons. The molecule has 0 unspecified atom stereocenters. The molecule has 0 aromatic rings. The van der Waals surface area contributed by atoms with E-state index >= 15 is 0 Å². The van der Waals surface area contributed by atoms with Crippen molar-refractivity contribution in [3.8, 4) is 0 Å².